The standard InChI is InChI=1S/C79H153NO5/c1-3-5-7-9-11-13-15-17-18-19-20-21-22-30-33-36-39-42-45-48-51-55-59-63-67-71-77(82)76(75-81)80-78(83)72-68-64-60-56-52-49-46-43-40-37-34-31-28-26-24-23-25-27-29-32-35-38-41-44-47-50-54-58-62-66-70-74-85-79(84)73-69-65-61-57-53-16-14-12-10-8-6-4-2/h25,27,32,35,76-77,81-82H,3-24,26,28-31,33-34,36-75H2,1-2H3,(H,80,83)/b27-25-,35-32-. The average Bonchev–Trinajstić information content (AvgIpc) is 3.53. The first-order valence-corrected chi connectivity index (χ1v) is 39.1. The number of carbonyl (C=O) groups is 2. The molecule has 0 radical (unpaired) electrons. The fourth-order valence-electron chi connectivity index (χ4n) is 12.6. The predicted molar refractivity (Wildman–Crippen MR) is 375 cm³/mol. The molecule has 0 rings (SSSR count). The summed E-state index contributed by atoms with van der Waals surface area (Å²) in [4.78, 5) is 24.6. The zero-order chi connectivity index (χ0) is 61.3. The van der Waals surface area contributed by atoms with Crippen LogP contribution in [0.4, 0.5) is 0 Å². The molecule has 6 heteroatoms. The fraction of sp³-hybridized carbons (Fsp3) is 0.924. The molecule has 1 amide bonds. The lowest BCUT2D eigenvalue weighted by molar-refractivity contribution is -0.143. The van der Waals surface area contributed by atoms with Crippen molar-refractivity contribution in [3.63, 3.8) is 0 Å². The lowest BCUT2D eigenvalue weighted by Crippen LogP contribution is -2.45. The molecule has 0 bridgehead atoms. The number of amides is 1. The summed E-state index contributed by atoms with van der Waals surface area (Å²) in [6.45, 7) is 5.00. The van der Waals surface area contributed by atoms with Crippen molar-refractivity contribution in [1.29, 1.82) is 0 Å². The molecule has 0 aromatic carbocycles. The van der Waals surface area contributed by atoms with Crippen molar-refractivity contribution in [2.45, 2.75) is 456 Å². The predicted octanol–water partition coefficient (Wildman–Crippen LogP) is 25.7. The van der Waals surface area contributed by atoms with E-state index in [2.05, 4.69) is 43.5 Å². The molecule has 0 aliphatic carbocycles. The van der Waals surface area contributed by atoms with Crippen LogP contribution in [-0.2, 0) is 14.3 Å². The summed E-state index contributed by atoms with van der Waals surface area (Å²) in [6.07, 6.45) is 95.5. The quantitative estimate of drug-likeness (QED) is 0.0320. The van der Waals surface area contributed by atoms with Crippen LogP contribution >= 0.6 is 0 Å². The van der Waals surface area contributed by atoms with Crippen LogP contribution in [0.15, 0.2) is 24.3 Å². The molecule has 0 aliphatic rings. The maximum Gasteiger partial charge on any atom is 0.305 e. The highest BCUT2D eigenvalue weighted by molar-refractivity contribution is 5.76. The number of aliphatic hydroxyl groups excluding tert-OH is 2. The topological polar surface area (TPSA) is 95.9 Å². The summed E-state index contributed by atoms with van der Waals surface area (Å²) in [5.41, 5.74) is 0. The van der Waals surface area contributed by atoms with Crippen molar-refractivity contribution in [1.82, 2.24) is 5.32 Å². The first kappa shape index (κ1) is 83.3. The minimum Gasteiger partial charge on any atom is -0.466 e. The summed E-state index contributed by atoms with van der Waals surface area (Å²) in [6, 6.07) is -0.542. The first-order chi connectivity index (χ1) is 42.0. The number of hydrogen-bond donors (Lipinski definition) is 3. The Labute approximate surface area is 532 Å². The number of aliphatic hydroxyl groups is 2. The van der Waals surface area contributed by atoms with Crippen molar-refractivity contribution < 1.29 is 24.5 Å². The van der Waals surface area contributed by atoms with Gasteiger partial charge in [0.15, 0.2) is 0 Å². The van der Waals surface area contributed by atoms with Gasteiger partial charge in [0.1, 0.15) is 0 Å². The zero-order valence-electron chi connectivity index (χ0n) is 57.9. The molecule has 2 unspecified atom stereocenters. The Morgan fingerprint density at radius 2 is 0.588 bits per heavy atom. The third-order valence-corrected chi connectivity index (χ3v) is 18.5. The molecular formula is C79H153NO5. The van der Waals surface area contributed by atoms with Crippen LogP contribution < -0.4 is 5.32 Å². The van der Waals surface area contributed by atoms with Gasteiger partial charge in [0, 0.05) is 12.8 Å². The Bertz CT molecular complexity index is 1330. The fourth-order valence-corrected chi connectivity index (χ4v) is 12.6. The van der Waals surface area contributed by atoms with Gasteiger partial charge in [-0.3, -0.25) is 9.59 Å². The zero-order valence-corrected chi connectivity index (χ0v) is 57.9. The summed E-state index contributed by atoms with van der Waals surface area (Å²) in [5.74, 6) is -0.0137. The second-order valence-electron chi connectivity index (χ2n) is 27.0. The van der Waals surface area contributed by atoms with Gasteiger partial charge in [-0.25, -0.2) is 0 Å². The van der Waals surface area contributed by atoms with E-state index in [1.807, 2.05) is 0 Å². The highest BCUT2D eigenvalue weighted by atomic mass is 16.5. The summed E-state index contributed by atoms with van der Waals surface area (Å²) < 4.78 is 5.48. The lowest BCUT2D eigenvalue weighted by Gasteiger charge is -2.22. The van der Waals surface area contributed by atoms with Gasteiger partial charge in [-0.05, 0) is 57.8 Å². The van der Waals surface area contributed by atoms with Crippen LogP contribution in [0, 0.1) is 0 Å². The number of rotatable bonds is 74. The smallest absolute Gasteiger partial charge is 0.305 e. The number of allylic oxidation sites excluding steroid dienone is 4. The summed E-state index contributed by atoms with van der Waals surface area (Å²) in [7, 11) is 0. The lowest BCUT2D eigenvalue weighted by atomic mass is 10.0. The molecule has 2 atom stereocenters. The molecule has 0 heterocycles. The van der Waals surface area contributed by atoms with E-state index in [1.165, 1.54) is 366 Å². The number of esters is 1. The van der Waals surface area contributed by atoms with Crippen LogP contribution in [0.3, 0.4) is 0 Å². The first-order valence-electron chi connectivity index (χ1n) is 39.1. The molecule has 6 nitrogen and oxygen atoms in total. The number of ether oxygens (including phenoxy) is 1. The molecule has 0 fully saturated rings. The monoisotopic (exact) mass is 1200 g/mol. The van der Waals surface area contributed by atoms with Crippen molar-refractivity contribution in [2.24, 2.45) is 0 Å². The second kappa shape index (κ2) is 74.8. The van der Waals surface area contributed by atoms with Gasteiger partial charge in [0.25, 0.3) is 0 Å². The Morgan fingerprint density at radius 3 is 0.894 bits per heavy atom. The van der Waals surface area contributed by atoms with E-state index >= 15 is 0 Å². The molecule has 3 N–H and O–H groups in total. The van der Waals surface area contributed by atoms with Gasteiger partial charge in [-0.1, -0.05) is 398 Å². The minimum atomic E-state index is -0.665. The normalized spacial score (nSPS) is 12.6. The van der Waals surface area contributed by atoms with Crippen LogP contribution in [0.1, 0.15) is 444 Å². The van der Waals surface area contributed by atoms with Gasteiger partial charge in [-0.2, -0.15) is 0 Å². The van der Waals surface area contributed by atoms with E-state index in [1.54, 1.807) is 0 Å². The van der Waals surface area contributed by atoms with Gasteiger partial charge in [0.05, 0.1) is 25.4 Å². The van der Waals surface area contributed by atoms with Crippen molar-refractivity contribution in [3.8, 4) is 0 Å². The molecule has 504 valence electrons. The third kappa shape index (κ3) is 71.3. The van der Waals surface area contributed by atoms with Crippen molar-refractivity contribution in [2.75, 3.05) is 13.2 Å². The minimum absolute atomic E-state index is 0.0148. The van der Waals surface area contributed by atoms with Gasteiger partial charge >= 0.3 is 5.97 Å². The Balaban J connectivity index is 3.39. The number of unbranched alkanes of at least 4 members (excludes halogenated alkanes) is 59. The van der Waals surface area contributed by atoms with Crippen molar-refractivity contribution >= 4 is 11.9 Å². The number of carbonyl (C=O) groups excluding carboxylic acids is 2. The van der Waals surface area contributed by atoms with E-state index < -0.39 is 12.1 Å². The summed E-state index contributed by atoms with van der Waals surface area (Å²) >= 11 is 0. The number of hydrogen-bond acceptors (Lipinski definition) is 5. The molecule has 0 saturated heterocycles. The van der Waals surface area contributed by atoms with E-state index in [0.717, 1.165) is 44.9 Å². The average molecular weight is 1200 g/mol. The maximum atomic E-state index is 12.6. The molecular weight excluding hydrogens is 1040 g/mol. The Kier molecular flexibility index (Phi) is 73.3. The van der Waals surface area contributed by atoms with Crippen LogP contribution in [-0.4, -0.2) is 47.4 Å². The van der Waals surface area contributed by atoms with Crippen molar-refractivity contribution in [3.05, 3.63) is 24.3 Å². The van der Waals surface area contributed by atoms with Crippen LogP contribution in [0.25, 0.3) is 0 Å². The van der Waals surface area contributed by atoms with E-state index in [9.17, 15) is 19.8 Å². The SMILES string of the molecule is CCCCCCCCCCCCCCCCCCCCCCCCCCCC(O)C(CO)NC(=O)CCCCCCCCCCCCCCCCC/C=C\C/C=C\CCCCCCCCCCCOC(=O)CCCCCCCCCCCCCC. The molecule has 85 heavy (non-hydrogen) atoms. The molecule has 0 aromatic rings. The molecule has 0 spiro atoms. The van der Waals surface area contributed by atoms with Crippen LogP contribution in [0.2, 0.25) is 0 Å². The number of nitrogens with one attached hydrogen (secondary N) is 1. The Morgan fingerprint density at radius 1 is 0.329 bits per heavy atom. The largest absolute Gasteiger partial charge is 0.466 e. The van der Waals surface area contributed by atoms with Gasteiger partial charge < -0.3 is 20.3 Å². The summed E-state index contributed by atoms with van der Waals surface area (Å²) in [5, 5.41) is 23.5. The molecule has 0 aromatic heterocycles. The van der Waals surface area contributed by atoms with Gasteiger partial charge in [-0.15, -0.1) is 0 Å². The van der Waals surface area contributed by atoms with E-state index in [-0.39, 0.29) is 18.5 Å². The van der Waals surface area contributed by atoms with E-state index in [4.69, 9.17) is 4.74 Å². The molecule has 0 aliphatic heterocycles. The highest BCUT2D eigenvalue weighted by Crippen LogP contribution is 2.20. The van der Waals surface area contributed by atoms with E-state index in [0.29, 0.717) is 25.9 Å². The van der Waals surface area contributed by atoms with Gasteiger partial charge in [0.2, 0.25) is 5.91 Å². The Hall–Kier alpha value is -1.66. The second-order valence-corrected chi connectivity index (χ2v) is 27.0. The molecule has 0 saturated carbocycles. The third-order valence-electron chi connectivity index (χ3n) is 18.5. The highest BCUT2D eigenvalue weighted by Gasteiger charge is 2.20. The van der Waals surface area contributed by atoms with Crippen LogP contribution in [0.5, 0.6) is 0 Å². The maximum absolute atomic E-state index is 12.6.